The fourth-order valence-corrected chi connectivity index (χ4v) is 3.00. The van der Waals surface area contributed by atoms with Crippen LogP contribution >= 0.6 is 0 Å². The molecule has 0 N–H and O–H groups in total. The Kier molecular flexibility index (Phi) is 5.52. The highest BCUT2D eigenvalue weighted by atomic mass is 19.1. The minimum Gasteiger partial charge on any atom is -0.195 e. The molecule has 0 atom stereocenters. The van der Waals surface area contributed by atoms with Crippen LogP contribution in [0.15, 0.2) is 36.2 Å². The standard InChI is InChI=1S/C18H19FN2/c19-18(13-21)11-16-7-3-14(4-8-16)1-2-15-5-9-17(12-20)10-6-15/h5-6,9-11,14,16H,1-4,7-8H2/b18-11-. The summed E-state index contributed by atoms with van der Waals surface area (Å²) in [6.45, 7) is 0. The monoisotopic (exact) mass is 282 g/mol. The molecule has 3 heteroatoms. The second kappa shape index (κ2) is 7.60. The highest BCUT2D eigenvalue weighted by molar-refractivity contribution is 5.31. The molecule has 1 fully saturated rings. The third-order valence-corrected chi connectivity index (χ3v) is 4.30. The Morgan fingerprint density at radius 2 is 1.81 bits per heavy atom. The molecule has 1 saturated carbocycles. The quantitative estimate of drug-likeness (QED) is 0.753. The summed E-state index contributed by atoms with van der Waals surface area (Å²) in [5, 5.41) is 17.2. The lowest BCUT2D eigenvalue weighted by Gasteiger charge is -2.26. The van der Waals surface area contributed by atoms with Crippen molar-refractivity contribution in [1.29, 1.82) is 10.5 Å². The van der Waals surface area contributed by atoms with Crippen LogP contribution in [0.25, 0.3) is 0 Å². The van der Waals surface area contributed by atoms with Gasteiger partial charge in [0.15, 0.2) is 5.83 Å². The number of halogens is 1. The first-order valence-corrected chi connectivity index (χ1v) is 7.47. The second-order valence-electron chi connectivity index (χ2n) is 5.75. The van der Waals surface area contributed by atoms with Gasteiger partial charge in [0.25, 0.3) is 0 Å². The van der Waals surface area contributed by atoms with Gasteiger partial charge >= 0.3 is 0 Å². The van der Waals surface area contributed by atoms with Crippen molar-refractivity contribution in [3.63, 3.8) is 0 Å². The molecule has 2 rings (SSSR count). The topological polar surface area (TPSA) is 47.6 Å². The zero-order valence-corrected chi connectivity index (χ0v) is 12.1. The first-order chi connectivity index (χ1) is 10.2. The van der Waals surface area contributed by atoms with Crippen LogP contribution in [-0.2, 0) is 6.42 Å². The average molecular weight is 282 g/mol. The van der Waals surface area contributed by atoms with Crippen molar-refractivity contribution in [2.24, 2.45) is 11.8 Å². The predicted molar refractivity (Wildman–Crippen MR) is 79.7 cm³/mol. The van der Waals surface area contributed by atoms with Gasteiger partial charge in [-0.15, -0.1) is 0 Å². The Bertz CT molecular complexity index is 567. The first-order valence-electron chi connectivity index (χ1n) is 7.47. The summed E-state index contributed by atoms with van der Waals surface area (Å²) in [4.78, 5) is 0. The van der Waals surface area contributed by atoms with Crippen LogP contribution in [0.2, 0.25) is 0 Å². The van der Waals surface area contributed by atoms with Gasteiger partial charge in [-0.3, -0.25) is 0 Å². The molecule has 21 heavy (non-hydrogen) atoms. The van der Waals surface area contributed by atoms with E-state index in [1.165, 1.54) is 11.6 Å². The predicted octanol–water partition coefficient (Wildman–Crippen LogP) is 4.67. The molecule has 0 aromatic heterocycles. The molecule has 1 aliphatic rings. The lowest BCUT2D eigenvalue weighted by molar-refractivity contribution is 0.294. The van der Waals surface area contributed by atoms with E-state index in [0.717, 1.165) is 38.5 Å². The Balaban J connectivity index is 1.76. The van der Waals surface area contributed by atoms with Gasteiger partial charge in [-0.2, -0.15) is 14.9 Å². The molecule has 0 amide bonds. The van der Waals surface area contributed by atoms with E-state index in [1.54, 1.807) is 6.07 Å². The van der Waals surface area contributed by atoms with Gasteiger partial charge in [0.1, 0.15) is 6.07 Å². The molecule has 2 nitrogen and oxygen atoms in total. The summed E-state index contributed by atoms with van der Waals surface area (Å²) >= 11 is 0. The minimum atomic E-state index is -0.643. The van der Waals surface area contributed by atoms with Crippen molar-refractivity contribution in [2.45, 2.75) is 38.5 Å². The maximum atomic E-state index is 12.9. The first kappa shape index (κ1) is 15.3. The van der Waals surface area contributed by atoms with E-state index in [4.69, 9.17) is 10.5 Å². The zero-order chi connectivity index (χ0) is 15.1. The molecule has 0 aliphatic heterocycles. The molecule has 108 valence electrons. The van der Waals surface area contributed by atoms with Crippen LogP contribution in [0.4, 0.5) is 4.39 Å². The number of aryl methyl sites for hydroxylation is 1. The SMILES string of the molecule is N#C/C(F)=C/C1CCC(CCc2ccc(C#N)cc2)CC1. The van der Waals surface area contributed by atoms with Crippen molar-refractivity contribution in [1.82, 2.24) is 0 Å². The van der Waals surface area contributed by atoms with Crippen LogP contribution in [0.5, 0.6) is 0 Å². The Labute approximate surface area is 125 Å². The summed E-state index contributed by atoms with van der Waals surface area (Å²) in [5.41, 5.74) is 1.97. The van der Waals surface area contributed by atoms with Crippen LogP contribution in [-0.4, -0.2) is 0 Å². The lowest BCUT2D eigenvalue weighted by atomic mass is 9.79. The van der Waals surface area contributed by atoms with Crippen LogP contribution in [0.1, 0.15) is 43.2 Å². The number of nitrogens with zero attached hydrogens (tertiary/aromatic N) is 2. The number of hydrogen-bond donors (Lipinski definition) is 0. The minimum absolute atomic E-state index is 0.232. The molecule has 0 bridgehead atoms. The van der Waals surface area contributed by atoms with E-state index in [9.17, 15) is 4.39 Å². The summed E-state index contributed by atoms with van der Waals surface area (Å²) < 4.78 is 12.9. The third kappa shape index (κ3) is 4.72. The van der Waals surface area contributed by atoms with Gasteiger partial charge < -0.3 is 0 Å². The third-order valence-electron chi connectivity index (χ3n) is 4.30. The fourth-order valence-electron chi connectivity index (χ4n) is 3.00. The molecule has 1 aromatic carbocycles. The van der Waals surface area contributed by atoms with E-state index < -0.39 is 5.83 Å². The van der Waals surface area contributed by atoms with E-state index in [-0.39, 0.29) is 5.92 Å². The number of rotatable bonds is 4. The van der Waals surface area contributed by atoms with Gasteiger partial charge in [0.2, 0.25) is 0 Å². The van der Waals surface area contributed by atoms with Crippen molar-refractivity contribution in [3.05, 3.63) is 47.3 Å². The molecule has 1 aromatic rings. The molecular weight excluding hydrogens is 263 g/mol. The Morgan fingerprint density at radius 1 is 1.14 bits per heavy atom. The molecule has 0 spiro atoms. The Morgan fingerprint density at radius 3 is 2.38 bits per heavy atom. The lowest BCUT2D eigenvalue weighted by Crippen LogP contribution is -2.14. The van der Waals surface area contributed by atoms with Crippen molar-refractivity contribution in [3.8, 4) is 12.1 Å². The van der Waals surface area contributed by atoms with Crippen molar-refractivity contribution in [2.75, 3.05) is 0 Å². The smallest absolute Gasteiger partial charge is 0.195 e. The van der Waals surface area contributed by atoms with E-state index in [2.05, 4.69) is 6.07 Å². The second-order valence-corrected chi connectivity index (χ2v) is 5.75. The maximum absolute atomic E-state index is 12.9. The Hall–Kier alpha value is -2.13. The van der Waals surface area contributed by atoms with Crippen molar-refractivity contribution < 1.29 is 4.39 Å². The van der Waals surface area contributed by atoms with E-state index >= 15 is 0 Å². The summed E-state index contributed by atoms with van der Waals surface area (Å²) in [6.07, 6.45) is 7.83. The van der Waals surface area contributed by atoms with Gasteiger partial charge in [-0.05, 0) is 74.1 Å². The molecular formula is C18H19FN2. The number of benzene rings is 1. The molecule has 0 heterocycles. The van der Waals surface area contributed by atoms with Crippen LogP contribution in [0, 0.1) is 34.5 Å². The summed E-state index contributed by atoms with van der Waals surface area (Å²) in [7, 11) is 0. The summed E-state index contributed by atoms with van der Waals surface area (Å²) in [6, 6.07) is 11.4. The maximum Gasteiger partial charge on any atom is 0.196 e. The van der Waals surface area contributed by atoms with Crippen molar-refractivity contribution >= 4 is 0 Å². The highest BCUT2D eigenvalue weighted by Crippen LogP contribution is 2.32. The zero-order valence-electron chi connectivity index (χ0n) is 12.1. The van der Waals surface area contributed by atoms with Gasteiger partial charge in [0.05, 0.1) is 11.6 Å². The highest BCUT2D eigenvalue weighted by Gasteiger charge is 2.20. The molecule has 0 radical (unpaired) electrons. The number of hydrogen-bond acceptors (Lipinski definition) is 2. The van der Waals surface area contributed by atoms with Gasteiger partial charge in [0, 0.05) is 0 Å². The normalized spacial score (nSPS) is 22.3. The molecule has 0 unspecified atom stereocenters. The number of nitriles is 2. The summed E-state index contributed by atoms with van der Waals surface area (Å²) in [5.74, 6) is 0.280. The van der Waals surface area contributed by atoms with Gasteiger partial charge in [-0.1, -0.05) is 12.1 Å². The van der Waals surface area contributed by atoms with Crippen LogP contribution in [0.3, 0.4) is 0 Å². The fraction of sp³-hybridized carbons (Fsp3) is 0.444. The van der Waals surface area contributed by atoms with E-state index in [1.807, 2.05) is 24.3 Å². The van der Waals surface area contributed by atoms with Crippen LogP contribution < -0.4 is 0 Å². The number of allylic oxidation sites excluding steroid dienone is 2. The molecule has 0 saturated heterocycles. The average Bonchev–Trinajstić information content (AvgIpc) is 2.54. The largest absolute Gasteiger partial charge is 0.196 e. The van der Waals surface area contributed by atoms with Gasteiger partial charge in [-0.25, -0.2) is 0 Å². The van der Waals surface area contributed by atoms with E-state index in [0.29, 0.717) is 11.5 Å². The molecule has 1 aliphatic carbocycles.